The summed E-state index contributed by atoms with van der Waals surface area (Å²) in [6.07, 6.45) is 2.16. The van der Waals surface area contributed by atoms with Gasteiger partial charge in [-0.1, -0.05) is 0 Å². The molecule has 12 heavy (non-hydrogen) atoms. The zero-order valence-electron chi connectivity index (χ0n) is 8.31. The lowest BCUT2D eigenvalue weighted by Crippen LogP contribution is -2.36. The number of nitrogens with zero attached hydrogens (tertiary/aromatic N) is 1. The predicted molar refractivity (Wildman–Crippen MR) is 53.7 cm³/mol. The molecule has 0 rings (SSSR count). The number of alkyl halides is 1. The van der Waals surface area contributed by atoms with E-state index in [0.29, 0.717) is 0 Å². The summed E-state index contributed by atoms with van der Waals surface area (Å²) in [4.78, 5) is 2.13. The highest BCUT2D eigenvalue weighted by atomic mass is 35.5. The van der Waals surface area contributed by atoms with Crippen molar-refractivity contribution < 1.29 is 5.11 Å². The van der Waals surface area contributed by atoms with Gasteiger partial charge in [-0.2, -0.15) is 0 Å². The normalized spacial score (nSPS) is 12.5. The minimum Gasteiger partial charge on any atom is -0.389 e. The van der Waals surface area contributed by atoms with Gasteiger partial charge in [0.1, 0.15) is 0 Å². The van der Waals surface area contributed by atoms with Gasteiger partial charge in [-0.15, -0.1) is 11.6 Å². The van der Waals surface area contributed by atoms with Crippen LogP contribution in [0.5, 0.6) is 0 Å². The molecule has 0 heterocycles. The molecule has 0 aromatic carbocycles. The maximum atomic E-state index is 9.48. The first-order valence-corrected chi connectivity index (χ1v) is 4.96. The van der Waals surface area contributed by atoms with Gasteiger partial charge < -0.3 is 10.0 Å². The molecule has 3 heteroatoms. The molecule has 0 unspecified atom stereocenters. The van der Waals surface area contributed by atoms with Crippen molar-refractivity contribution in [1.29, 1.82) is 0 Å². The average Bonchev–Trinajstić information content (AvgIpc) is 1.84. The number of unbranched alkanes of at least 4 members (excludes halogenated alkanes) is 1. The van der Waals surface area contributed by atoms with Crippen LogP contribution in [0.1, 0.15) is 26.7 Å². The van der Waals surface area contributed by atoms with E-state index >= 15 is 0 Å². The molecule has 0 amide bonds. The fraction of sp³-hybridized carbons (Fsp3) is 1.00. The van der Waals surface area contributed by atoms with Crippen molar-refractivity contribution in [3.05, 3.63) is 0 Å². The van der Waals surface area contributed by atoms with E-state index in [1.54, 1.807) is 0 Å². The Morgan fingerprint density at radius 3 is 2.33 bits per heavy atom. The fourth-order valence-electron chi connectivity index (χ4n) is 1.22. The van der Waals surface area contributed by atoms with Crippen molar-refractivity contribution in [3.8, 4) is 0 Å². The Morgan fingerprint density at radius 1 is 1.33 bits per heavy atom. The van der Waals surface area contributed by atoms with Gasteiger partial charge in [-0.3, -0.25) is 0 Å². The molecular weight excluding hydrogens is 174 g/mol. The number of rotatable bonds is 6. The molecule has 74 valence electrons. The van der Waals surface area contributed by atoms with Crippen LogP contribution in [0.15, 0.2) is 0 Å². The van der Waals surface area contributed by atoms with E-state index in [-0.39, 0.29) is 0 Å². The molecule has 0 aliphatic rings. The first-order chi connectivity index (χ1) is 5.45. The van der Waals surface area contributed by atoms with Crippen molar-refractivity contribution in [1.82, 2.24) is 4.90 Å². The Bertz CT molecular complexity index is 112. The molecular formula is C9H20ClNO. The van der Waals surface area contributed by atoms with Gasteiger partial charge in [0.25, 0.3) is 0 Å². The van der Waals surface area contributed by atoms with Gasteiger partial charge >= 0.3 is 0 Å². The Morgan fingerprint density at radius 2 is 1.92 bits per heavy atom. The van der Waals surface area contributed by atoms with E-state index in [4.69, 9.17) is 11.6 Å². The molecule has 0 aliphatic heterocycles. The fourth-order valence-corrected chi connectivity index (χ4v) is 1.40. The molecule has 2 nitrogen and oxygen atoms in total. The van der Waals surface area contributed by atoms with Gasteiger partial charge in [-0.05, 0) is 40.3 Å². The van der Waals surface area contributed by atoms with E-state index < -0.39 is 5.60 Å². The Labute approximate surface area is 80.5 Å². The standard InChI is InChI=1S/C9H20ClNO/c1-9(2,12)8-11(3)7-5-4-6-10/h12H,4-8H2,1-3H3. The minimum atomic E-state index is -0.588. The minimum absolute atomic E-state index is 0.588. The van der Waals surface area contributed by atoms with Gasteiger partial charge in [0.05, 0.1) is 5.60 Å². The summed E-state index contributed by atoms with van der Waals surface area (Å²) >= 11 is 5.55. The quantitative estimate of drug-likeness (QED) is 0.513. The number of hydrogen-bond donors (Lipinski definition) is 1. The Balaban J connectivity index is 3.40. The van der Waals surface area contributed by atoms with Crippen LogP contribution in [0.25, 0.3) is 0 Å². The smallest absolute Gasteiger partial charge is 0.0718 e. The highest BCUT2D eigenvalue weighted by Crippen LogP contribution is 2.04. The number of halogens is 1. The van der Waals surface area contributed by atoms with Crippen LogP contribution < -0.4 is 0 Å². The monoisotopic (exact) mass is 193 g/mol. The SMILES string of the molecule is CN(CCCCCl)CC(C)(C)O. The first kappa shape index (κ1) is 12.2. The van der Waals surface area contributed by atoms with E-state index in [0.717, 1.165) is 31.8 Å². The summed E-state index contributed by atoms with van der Waals surface area (Å²) in [5.41, 5.74) is -0.588. The van der Waals surface area contributed by atoms with E-state index in [2.05, 4.69) is 4.90 Å². The molecule has 0 spiro atoms. The highest BCUT2D eigenvalue weighted by Gasteiger charge is 2.14. The van der Waals surface area contributed by atoms with Crippen molar-refractivity contribution in [2.75, 3.05) is 26.0 Å². The van der Waals surface area contributed by atoms with Crippen LogP contribution in [0.3, 0.4) is 0 Å². The van der Waals surface area contributed by atoms with Crippen LogP contribution in [-0.4, -0.2) is 41.6 Å². The van der Waals surface area contributed by atoms with Gasteiger partial charge in [0.2, 0.25) is 0 Å². The van der Waals surface area contributed by atoms with Gasteiger partial charge in [0, 0.05) is 12.4 Å². The second kappa shape index (κ2) is 5.79. The third-order valence-electron chi connectivity index (χ3n) is 1.58. The third-order valence-corrected chi connectivity index (χ3v) is 1.85. The summed E-state index contributed by atoms with van der Waals surface area (Å²) in [7, 11) is 2.02. The summed E-state index contributed by atoms with van der Waals surface area (Å²) in [5, 5.41) is 9.48. The summed E-state index contributed by atoms with van der Waals surface area (Å²) < 4.78 is 0. The summed E-state index contributed by atoms with van der Waals surface area (Å²) in [6, 6.07) is 0. The lowest BCUT2D eigenvalue weighted by atomic mass is 10.1. The largest absolute Gasteiger partial charge is 0.389 e. The number of likely N-dealkylation sites (N-methyl/N-ethyl adjacent to an activating group) is 1. The lowest BCUT2D eigenvalue weighted by molar-refractivity contribution is 0.0443. The van der Waals surface area contributed by atoms with E-state index in [1.807, 2.05) is 20.9 Å². The maximum Gasteiger partial charge on any atom is 0.0718 e. The first-order valence-electron chi connectivity index (χ1n) is 4.42. The van der Waals surface area contributed by atoms with Crippen LogP contribution in [-0.2, 0) is 0 Å². The Kier molecular flexibility index (Phi) is 5.89. The predicted octanol–water partition coefficient (Wildman–Crippen LogP) is 1.71. The van der Waals surface area contributed by atoms with Crippen LogP contribution in [0.4, 0.5) is 0 Å². The Hall–Kier alpha value is 0.210. The maximum absolute atomic E-state index is 9.48. The van der Waals surface area contributed by atoms with Gasteiger partial charge in [-0.25, -0.2) is 0 Å². The van der Waals surface area contributed by atoms with Crippen molar-refractivity contribution in [2.45, 2.75) is 32.3 Å². The average molecular weight is 194 g/mol. The molecule has 0 bridgehead atoms. The van der Waals surface area contributed by atoms with Crippen molar-refractivity contribution in [3.63, 3.8) is 0 Å². The zero-order valence-corrected chi connectivity index (χ0v) is 9.06. The molecule has 1 N–H and O–H groups in total. The second-order valence-corrected chi connectivity index (χ2v) is 4.32. The molecule has 0 atom stereocenters. The zero-order chi connectivity index (χ0) is 9.61. The molecule has 0 aromatic rings. The lowest BCUT2D eigenvalue weighted by Gasteiger charge is -2.25. The molecule has 0 saturated carbocycles. The molecule has 0 fully saturated rings. The van der Waals surface area contributed by atoms with E-state index in [9.17, 15) is 5.11 Å². The molecule has 0 radical (unpaired) electrons. The third kappa shape index (κ3) is 8.31. The number of aliphatic hydroxyl groups is 1. The van der Waals surface area contributed by atoms with Crippen molar-refractivity contribution in [2.24, 2.45) is 0 Å². The molecule has 0 saturated heterocycles. The summed E-state index contributed by atoms with van der Waals surface area (Å²) in [6.45, 7) is 5.38. The van der Waals surface area contributed by atoms with Gasteiger partial charge in [0.15, 0.2) is 0 Å². The topological polar surface area (TPSA) is 23.5 Å². The highest BCUT2D eigenvalue weighted by molar-refractivity contribution is 6.17. The second-order valence-electron chi connectivity index (χ2n) is 3.95. The van der Waals surface area contributed by atoms with Crippen molar-refractivity contribution >= 4 is 11.6 Å². The van der Waals surface area contributed by atoms with Crippen LogP contribution in [0, 0.1) is 0 Å². The summed E-state index contributed by atoms with van der Waals surface area (Å²) in [5.74, 6) is 0.732. The van der Waals surface area contributed by atoms with Crippen LogP contribution >= 0.6 is 11.6 Å². The van der Waals surface area contributed by atoms with Crippen LogP contribution in [0.2, 0.25) is 0 Å². The van der Waals surface area contributed by atoms with E-state index in [1.165, 1.54) is 0 Å². The molecule has 0 aromatic heterocycles. The number of hydrogen-bond acceptors (Lipinski definition) is 2. The molecule has 0 aliphatic carbocycles.